The topological polar surface area (TPSA) is 67.5 Å². The van der Waals surface area contributed by atoms with E-state index in [9.17, 15) is 0 Å². The fourth-order valence-corrected chi connectivity index (χ4v) is 0.513. The molecule has 56 valence electrons. The molecule has 0 atom stereocenters. The maximum atomic E-state index is 8.68. The van der Waals surface area contributed by atoms with E-state index in [1.54, 1.807) is 0 Å². The summed E-state index contributed by atoms with van der Waals surface area (Å²) in [5.41, 5.74) is 0. The van der Waals surface area contributed by atoms with Gasteiger partial charge in [0.2, 0.25) is 5.88 Å². The maximum Gasteiger partial charge on any atom is 0.232 e. The van der Waals surface area contributed by atoms with Gasteiger partial charge in [-0.2, -0.15) is 9.71 Å². The maximum absolute atomic E-state index is 8.68. The van der Waals surface area contributed by atoms with Crippen molar-refractivity contribution in [3.63, 3.8) is 0 Å². The molecule has 0 aliphatic heterocycles. The molecule has 5 nitrogen and oxygen atoms in total. The first-order valence-electron chi connectivity index (χ1n) is 2.80. The lowest BCUT2D eigenvalue weighted by molar-refractivity contribution is 0.0749. The summed E-state index contributed by atoms with van der Waals surface area (Å²) in [5.74, 6) is -0.0991. The lowest BCUT2D eigenvalue weighted by Gasteiger charge is -2.00. The Hall–Kier alpha value is -1.23. The Morgan fingerprint density at radius 3 is 3.00 bits per heavy atom. The van der Waals surface area contributed by atoms with Crippen LogP contribution in [-0.2, 0) is 0 Å². The van der Waals surface area contributed by atoms with Crippen molar-refractivity contribution in [2.75, 3.05) is 13.2 Å². The van der Waals surface area contributed by atoms with Crippen LogP contribution in [0.15, 0.2) is 12.5 Å². The molecule has 10 heavy (non-hydrogen) atoms. The van der Waals surface area contributed by atoms with Crippen molar-refractivity contribution in [3.05, 3.63) is 12.5 Å². The van der Waals surface area contributed by atoms with Crippen molar-refractivity contribution < 1.29 is 15.1 Å². The highest BCUT2D eigenvalue weighted by Gasteiger charge is 1.93. The van der Waals surface area contributed by atoms with E-state index < -0.39 is 0 Å². The minimum Gasteiger partial charge on any atom is -0.492 e. The number of aliphatic hydroxyl groups excluding tert-OH is 1. The number of aromatic hydroxyl groups is 1. The SMILES string of the molecule is OCCOn1cnc(O)c1. The molecular weight excluding hydrogens is 136 g/mol. The molecule has 0 spiro atoms. The summed E-state index contributed by atoms with van der Waals surface area (Å²) in [5, 5.41) is 17.0. The summed E-state index contributed by atoms with van der Waals surface area (Å²) in [7, 11) is 0. The summed E-state index contributed by atoms with van der Waals surface area (Å²) < 4.78 is 1.23. The summed E-state index contributed by atoms with van der Waals surface area (Å²) >= 11 is 0. The summed E-state index contributed by atoms with van der Waals surface area (Å²) in [6.45, 7) is 0.134. The van der Waals surface area contributed by atoms with Gasteiger partial charge in [0.15, 0.2) is 0 Å². The van der Waals surface area contributed by atoms with Crippen LogP contribution >= 0.6 is 0 Å². The number of imidazole rings is 1. The number of aliphatic hydroxyl groups is 1. The fourth-order valence-electron chi connectivity index (χ4n) is 0.513. The zero-order valence-corrected chi connectivity index (χ0v) is 5.27. The molecular formula is C5H8N2O3. The van der Waals surface area contributed by atoms with Crippen molar-refractivity contribution >= 4 is 0 Å². The molecule has 0 radical (unpaired) electrons. The van der Waals surface area contributed by atoms with Gasteiger partial charge in [-0.05, 0) is 0 Å². The molecule has 0 fully saturated rings. The summed E-state index contributed by atoms with van der Waals surface area (Å²) in [6, 6.07) is 0. The molecule has 0 bridgehead atoms. The van der Waals surface area contributed by atoms with Gasteiger partial charge in [-0.25, -0.2) is 0 Å². The van der Waals surface area contributed by atoms with Crippen LogP contribution in [-0.4, -0.2) is 33.1 Å². The smallest absolute Gasteiger partial charge is 0.232 e. The quantitative estimate of drug-likeness (QED) is 0.571. The third-order valence-electron chi connectivity index (χ3n) is 0.878. The van der Waals surface area contributed by atoms with E-state index in [1.165, 1.54) is 17.3 Å². The van der Waals surface area contributed by atoms with E-state index in [4.69, 9.17) is 15.1 Å². The molecule has 0 aliphatic carbocycles. The first-order chi connectivity index (χ1) is 4.83. The minimum atomic E-state index is -0.0991. The van der Waals surface area contributed by atoms with Crippen LogP contribution in [0.25, 0.3) is 0 Å². The monoisotopic (exact) mass is 144 g/mol. The van der Waals surface area contributed by atoms with E-state index in [-0.39, 0.29) is 19.1 Å². The molecule has 1 rings (SSSR count). The molecule has 0 saturated heterocycles. The molecule has 0 saturated carbocycles. The van der Waals surface area contributed by atoms with E-state index in [0.717, 1.165) is 0 Å². The lowest BCUT2D eigenvalue weighted by atomic mass is 10.8. The fraction of sp³-hybridized carbons (Fsp3) is 0.400. The molecule has 1 aromatic rings. The van der Waals surface area contributed by atoms with E-state index in [1.807, 2.05) is 0 Å². The molecule has 0 amide bonds. The van der Waals surface area contributed by atoms with Gasteiger partial charge in [0.05, 0.1) is 6.61 Å². The third-order valence-corrected chi connectivity index (χ3v) is 0.878. The Bertz CT molecular complexity index is 199. The molecule has 0 aromatic carbocycles. The largest absolute Gasteiger partial charge is 0.492 e. The normalized spacial score (nSPS) is 9.70. The highest BCUT2D eigenvalue weighted by atomic mass is 16.7. The average Bonchev–Trinajstić information content (AvgIpc) is 2.31. The lowest BCUT2D eigenvalue weighted by Crippen LogP contribution is -2.12. The van der Waals surface area contributed by atoms with Crippen molar-refractivity contribution in [2.45, 2.75) is 0 Å². The van der Waals surface area contributed by atoms with Gasteiger partial charge < -0.3 is 15.1 Å². The first-order valence-corrected chi connectivity index (χ1v) is 2.80. The molecule has 1 aromatic heterocycles. The Labute approximate surface area is 57.5 Å². The van der Waals surface area contributed by atoms with E-state index in [2.05, 4.69) is 4.98 Å². The highest BCUT2D eigenvalue weighted by Crippen LogP contribution is 1.98. The molecule has 2 N–H and O–H groups in total. The van der Waals surface area contributed by atoms with Crippen LogP contribution in [0.5, 0.6) is 5.88 Å². The second kappa shape index (κ2) is 3.07. The Kier molecular flexibility index (Phi) is 2.11. The van der Waals surface area contributed by atoms with Gasteiger partial charge in [0.1, 0.15) is 19.1 Å². The Morgan fingerprint density at radius 1 is 1.70 bits per heavy atom. The number of hydrogen-bond acceptors (Lipinski definition) is 4. The van der Waals surface area contributed by atoms with E-state index in [0.29, 0.717) is 0 Å². The minimum absolute atomic E-state index is 0.0566. The molecule has 1 heterocycles. The number of aromatic nitrogens is 2. The third kappa shape index (κ3) is 1.63. The number of nitrogens with zero attached hydrogens (tertiary/aromatic N) is 2. The van der Waals surface area contributed by atoms with Crippen LogP contribution in [0, 0.1) is 0 Å². The van der Waals surface area contributed by atoms with Crippen molar-refractivity contribution in [3.8, 4) is 5.88 Å². The van der Waals surface area contributed by atoms with Gasteiger partial charge in [-0.3, -0.25) is 0 Å². The molecule has 0 unspecified atom stereocenters. The van der Waals surface area contributed by atoms with Gasteiger partial charge in [0, 0.05) is 0 Å². The zero-order valence-electron chi connectivity index (χ0n) is 5.27. The summed E-state index contributed by atoms with van der Waals surface area (Å²) in [6.07, 6.45) is 2.61. The Morgan fingerprint density at radius 2 is 2.50 bits per heavy atom. The van der Waals surface area contributed by atoms with Crippen molar-refractivity contribution in [1.29, 1.82) is 0 Å². The van der Waals surface area contributed by atoms with Crippen LogP contribution in [0.3, 0.4) is 0 Å². The van der Waals surface area contributed by atoms with Crippen LogP contribution in [0.4, 0.5) is 0 Å². The second-order valence-electron chi connectivity index (χ2n) is 1.65. The van der Waals surface area contributed by atoms with Crippen LogP contribution < -0.4 is 4.84 Å². The number of hydrogen-bond donors (Lipinski definition) is 2. The van der Waals surface area contributed by atoms with Crippen molar-refractivity contribution in [1.82, 2.24) is 9.71 Å². The standard InChI is InChI=1S/C5H8N2O3/c8-1-2-10-7-3-5(9)6-4-7/h3-4,8-9H,1-2H2. The van der Waals surface area contributed by atoms with Crippen molar-refractivity contribution in [2.24, 2.45) is 0 Å². The van der Waals surface area contributed by atoms with Gasteiger partial charge >= 0.3 is 0 Å². The molecule has 5 heteroatoms. The van der Waals surface area contributed by atoms with E-state index >= 15 is 0 Å². The second-order valence-corrected chi connectivity index (χ2v) is 1.65. The predicted molar refractivity (Wildman–Crippen MR) is 32.4 cm³/mol. The van der Waals surface area contributed by atoms with Crippen LogP contribution in [0.1, 0.15) is 0 Å². The van der Waals surface area contributed by atoms with Gasteiger partial charge in [0.25, 0.3) is 0 Å². The zero-order chi connectivity index (χ0) is 7.40. The van der Waals surface area contributed by atoms with Gasteiger partial charge in [-0.1, -0.05) is 0 Å². The average molecular weight is 144 g/mol. The van der Waals surface area contributed by atoms with Crippen LogP contribution in [0.2, 0.25) is 0 Å². The van der Waals surface area contributed by atoms with Gasteiger partial charge in [-0.15, -0.1) is 0 Å². The Balaban J connectivity index is 2.42. The summed E-state index contributed by atoms with van der Waals surface area (Å²) in [4.78, 5) is 8.30. The number of rotatable bonds is 3. The molecule has 0 aliphatic rings. The predicted octanol–water partition coefficient (Wildman–Crippen LogP) is -0.990. The highest BCUT2D eigenvalue weighted by molar-refractivity contribution is 4.98. The first kappa shape index (κ1) is 6.88.